The van der Waals surface area contributed by atoms with Crippen molar-refractivity contribution in [2.75, 3.05) is 16.3 Å². The van der Waals surface area contributed by atoms with Crippen molar-refractivity contribution in [3.05, 3.63) is 231 Å². The number of allylic oxidation sites excluding steroid dienone is 3. The van der Waals surface area contributed by atoms with E-state index in [0.29, 0.717) is 18.1 Å². The number of rotatable bonds is 6. The van der Waals surface area contributed by atoms with Gasteiger partial charge >= 0.3 is 0 Å². The number of ether oxygens (including phenoxy) is 2. The Morgan fingerprint density at radius 1 is 0.475 bits per heavy atom. The highest BCUT2D eigenvalue weighted by atomic mass is 16.5. The first-order valence-electron chi connectivity index (χ1n) is 20.6. The van der Waals surface area contributed by atoms with Gasteiger partial charge in [0.15, 0.2) is 17.2 Å². The molecule has 0 aliphatic carbocycles. The van der Waals surface area contributed by atoms with Crippen LogP contribution in [0.5, 0.6) is 17.2 Å². The fourth-order valence-corrected chi connectivity index (χ4v) is 8.74. The lowest BCUT2D eigenvalue weighted by Crippen LogP contribution is -2.22. The van der Waals surface area contributed by atoms with Crippen LogP contribution < -0.4 is 19.3 Å². The number of benzene rings is 9. The van der Waals surface area contributed by atoms with Crippen LogP contribution in [0.15, 0.2) is 231 Å². The summed E-state index contributed by atoms with van der Waals surface area (Å²) < 4.78 is 13.1. The monoisotopic (exact) mass is 784 g/mol. The summed E-state index contributed by atoms with van der Waals surface area (Å²) in [6, 6.07) is 69.1. The second-order valence-electron chi connectivity index (χ2n) is 15.4. The maximum Gasteiger partial charge on any atom is 0.162 e. The summed E-state index contributed by atoms with van der Waals surface area (Å²) in [7, 11) is 0. The first-order chi connectivity index (χ1) is 30.2. The van der Waals surface area contributed by atoms with Crippen molar-refractivity contribution in [1.82, 2.24) is 0 Å². The molecule has 0 aromatic heterocycles. The number of hydrogen-bond acceptors (Lipinski definition) is 4. The third kappa shape index (κ3) is 6.61. The van der Waals surface area contributed by atoms with Gasteiger partial charge in [-0.15, -0.1) is 0 Å². The second-order valence-corrected chi connectivity index (χ2v) is 15.4. The highest BCUT2D eigenvalue weighted by molar-refractivity contribution is 6.14. The summed E-state index contributed by atoms with van der Waals surface area (Å²) in [6.45, 7) is 4.79. The zero-order valence-corrected chi connectivity index (χ0v) is 33.4. The van der Waals surface area contributed by atoms with Crippen LogP contribution in [0.25, 0.3) is 54.9 Å². The minimum atomic E-state index is 0.558. The number of para-hydroxylation sites is 2. The summed E-state index contributed by atoms with van der Waals surface area (Å²) in [5.74, 6) is 2.81. The van der Waals surface area contributed by atoms with Crippen molar-refractivity contribution in [1.29, 1.82) is 0 Å². The van der Waals surface area contributed by atoms with E-state index in [1.807, 2.05) is 42.5 Å². The predicted molar refractivity (Wildman–Crippen MR) is 254 cm³/mol. The number of nitrogens with zero attached hydrogens (tertiary/aromatic N) is 2. The van der Waals surface area contributed by atoms with E-state index in [2.05, 4.69) is 192 Å². The Balaban J connectivity index is 1.00. The highest BCUT2D eigenvalue weighted by Crippen LogP contribution is 2.55. The van der Waals surface area contributed by atoms with E-state index < -0.39 is 0 Å². The molecule has 61 heavy (non-hydrogen) atoms. The molecule has 2 aliphatic rings. The van der Waals surface area contributed by atoms with Crippen LogP contribution in [0.1, 0.15) is 0 Å². The Morgan fingerprint density at radius 2 is 1.11 bits per heavy atom. The zero-order valence-electron chi connectivity index (χ0n) is 33.4. The van der Waals surface area contributed by atoms with Gasteiger partial charge in [0.25, 0.3) is 0 Å². The van der Waals surface area contributed by atoms with E-state index >= 15 is 0 Å². The van der Waals surface area contributed by atoms with Gasteiger partial charge in [0.1, 0.15) is 11.4 Å². The molecular weight excluding hydrogens is 745 g/mol. The fourth-order valence-electron chi connectivity index (χ4n) is 8.74. The van der Waals surface area contributed by atoms with E-state index in [4.69, 9.17) is 9.47 Å². The Hall–Kier alpha value is -8.08. The molecule has 0 fully saturated rings. The van der Waals surface area contributed by atoms with Gasteiger partial charge in [-0.3, -0.25) is 0 Å². The molecule has 9 aromatic rings. The van der Waals surface area contributed by atoms with Crippen LogP contribution in [0.2, 0.25) is 0 Å². The lowest BCUT2D eigenvalue weighted by atomic mass is 9.96. The summed E-state index contributed by atoms with van der Waals surface area (Å²) in [6.07, 6.45) is 8.01. The van der Waals surface area contributed by atoms with Crippen molar-refractivity contribution < 1.29 is 9.47 Å². The Bertz CT molecular complexity index is 3180. The number of fused-ring (bicyclic) bond motifs is 5. The molecule has 0 atom stereocenters. The SMILES string of the molecule is C=C1/C=C\C=C/CN2c3ccccc3Oc3c(-c4cccc(-c5ccc(N(c6ccc(-c7ccccc7)cc6)c6cc7ccccc7c7ccccc67)cc5)c4)ccc(c32)O1. The van der Waals surface area contributed by atoms with Gasteiger partial charge in [-0.05, 0) is 111 Å². The minimum Gasteiger partial charge on any atom is -0.456 e. The minimum absolute atomic E-state index is 0.558. The molecule has 2 heterocycles. The summed E-state index contributed by atoms with van der Waals surface area (Å²) in [4.78, 5) is 4.65. The van der Waals surface area contributed by atoms with Crippen LogP contribution in [0.3, 0.4) is 0 Å². The number of anilines is 5. The topological polar surface area (TPSA) is 24.9 Å². The van der Waals surface area contributed by atoms with Crippen LogP contribution >= 0.6 is 0 Å². The van der Waals surface area contributed by atoms with E-state index in [1.54, 1.807) is 0 Å². The quantitative estimate of drug-likeness (QED) is 0.157. The first kappa shape index (κ1) is 36.0. The van der Waals surface area contributed by atoms with Crippen LogP contribution in [-0.2, 0) is 0 Å². The summed E-state index contributed by atoms with van der Waals surface area (Å²) in [5, 5.41) is 4.88. The van der Waals surface area contributed by atoms with Gasteiger partial charge in [0.05, 0.1) is 11.4 Å². The molecule has 0 unspecified atom stereocenters. The average molecular weight is 785 g/mol. The standard InChI is InChI=1S/C57H40N2O2/c1-39-15-4-3-13-36-58-52-24-11-12-25-54(52)61-57-49(34-35-55(60-39)56(57)58)44-20-14-19-43(37-44)42-28-32-47(33-29-42)59(46-30-26-41(27-31-46)40-16-5-2-6-17-40)53-38-45-18-7-8-21-48(45)50-22-9-10-23-51(50)53/h2-35,37-38H,1,36H2/b13-3-,15-4-. The van der Waals surface area contributed by atoms with Crippen LogP contribution in [0.4, 0.5) is 28.4 Å². The molecule has 290 valence electrons. The lowest BCUT2D eigenvalue weighted by Gasteiger charge is -2.34. The molecule has 0 amide bonds. The van der Waals surface area contributed by atoms with E-state index in [9.17, 15) is 0 Å². The smallest absolute Gasteiger partial charge is 0.162 e. The summed E-state index contributed by atoms with van der Waals surface area (Å²) >= 11 is 0. The van der Waals surface area contributed by atoms with Gasteiger partial charge in [-0.25, -0.2) is 0 Å². The molecule has 11 rings (SSSR count). The average Bonchev–Trinajstić information content (AvgIpc) is 3.32. The van der Waals surface area contributed by atoms with Crippen LogP contribution in [0, 0.1) is 0 Å². The van der Waals surface area contributed by atoms with Gasteiger partial charge in [0, 0.05) is 28.9 Å². The van der Waals surface area contributed by atoms with E-state index in [0.717, 1.165) is 62.2 Å². The zero-order chi connectivity index (χ0) is 40.7. The van der Waals surface area contributed by atoms with Crippen molar-refractivity contribution in [3.63, 3.8) is 0 Å². The molecule has 4 heteroatoms. The largest absolute Gasteiger partial charge is 0.456 e. The van der Waals surface area contributed by atoms with Crippen molar-refractivity contribution >= 4 is 50.0 Å². The third-order valence-electron chi connectivity index (χ3n) is 11.6. The van der Waals surface area contributed by atoms with Crippen molar-refractivity contribution in [3.8, 4) is 50.6 Å². The molecule has 0 N–H and O–H groups in total. The fraction of sp³-hybridized carbons (Fsp3) is 0.0175. The van der Waals surface area contributed by atoms with Crippen LogP contribution in [-0.4, -0.2) is 6.54 Å². The lowest BCUT2D eigenvalue weighted by molar-refractivity contribution is 0.433. The molecule has 0 spiro atoms. The van der Waals surface area contributed by atoms with Gasteiger partial charge < -0.3 is 19.3 Å². The summed E-state index contributed by atoms with van der Waals surface area (Å²) in [5.41, 5.74) is 11.8. The second kappa shape index (κ2) is 15.3. The van der Waals surface area contributed by atoms with Crippen molar-refractivity contribution in [2.45, 2.75) is 0 Å². The third-order valence-corrected chi connectivity index (χ3v) is 11.6. The van der Waals surface area contributed by atoms with Crippen molar-refractivity contribution in [2.24, 2.45) is 0 Å². The molecule has 9 aromatic carbocycles. The number of hydrogen-bond donors (Lipinski definition) is 0. The predicted octanol–water partition coefficient (Wildman–Crippen LogP) is 15.7. The van der Waals surface area contributed by atoms with Gasteiger partial charge in [-0.1, -0.05) is 158 Å². The Morgan fingerprint density at radius 3 is 1.92 bits per heavy atom. The molecule has 4 nitrogen and oxygen atoms in total. The highest BCUT2D eigenvalue weighted by Gasteiger charge is 2.30. The molecule has 2 aliphatic heterocycles. The molecule has 0 saturated heterocycles. The molecule has 0 saturated carbocycles. The normalized spacial score (nSPS) is 14.0. The first-order valence-corrected chi connectivity index (χ1v) is 20.6. The van der Waals surface area contributed by atoms with Gasteiger partial charge in [0.2, 0.25) is 0 Å². The van der Waals surface area contributed by atoms with E-state index in [-0.39, 0.29) is 0 Å². The Labute approximate surface area is 355 Å². The molecule has 0 bridgehead atoms. The van der Waals surface area contributed by atoms with E-state index in [1.165, 1.54) is 32.7 Å². The maximum atomic E-state index is 6.78. The van der Waals surface area contributed by atoms with Gasteiger partial charge in [-0.2, -0.15) is 0 Å². The molecular formula is C57H40N2O2. The Kier molecular flexibility index (Phi) is 9.02. The molecule has 0 radical (unpaired) electrons. The maximum absolute atomic E-state index is 6.78.